The first-order chi connectivity index (χ1) is 10.7. The van der Waals surface area contributed by atoms with Gasteiger partial charge >= 0.3 is 0 Å². The van der Waals surface area contributed by atoms with E-state index in [1.807, 2.05) is 0 Å². The van der Waals surface area contributed by atoms with Crippen LogP contribution in [0.25, 0.3) is 0 Å². The second-order valence-electron chi connectivity index (χ2n) is 5.60. The van der Waals surface area contributed by atoms with Crippen molar-refractivity contribution in [3.8, 4) is 0 Å². The van der Waals surface area contributed by atoms with E-state index in [0.29, 0.717) is 12.2 Å². The first kappa shape index (κ1) is 16.9. The summed E-state index contributed by atoms with van der Waals surface area (Å²) in [5.41, 5.74) is 0.619. The van der Waals surface area contributed by atoms with Crippen LogP contribution < -0.4 is 5.32 Å². The zero-order chi connectivity index (χ0) is 15.8. The van der Waals surface area contributed by atoms with Crippen molar-refractivity contribution >= 4 is 11.6 Å². The van der Waals surface area contributed by atoms with Crippen molar-refractivity contribution in [3.05, 3.63) is 30.1 Å². The molecular formula is C16H24FN3O2. The fourth-order valence-electron chi connectivity index (χ4n) is 2.56. The van der Waals surface area contributed by atoms with Gasteiger partial charge in [0.2, 0.25) is 5.91 Å². The summed E-state index contributed by atoms with van der Waals surface area (Å²) in [6.07, 6.45) is 1.86. The number of aliphatic hydroxyl groups is 1. The second kappa shape index (κ2) is 8.82. The third kappa shape index (κ3) is 5.71. The first-order valence-corrected chi connectivity index (χ1v) is 7.78. The lowest BCUT2D eigenvalue weighted by Gasteiger charge is -2.34. The van der Waals surface area contributed by atoms with Crippen LogP contribution in [0, 0.1) is 5.82 Å². The molecule has 1 heterocycles. The molecule has 1 amide bonds. The van der Waals surface area contributed by atoms with Gasteiger partial charge in [0.1, 0.15) is 5.82 Å². The van der Waals surface area contributed by atoms with Gasteiger partial charge in [-0.2, -0.15) is 0 Å². The predicted molar refractivity (Wildman–Crippen MR) is 84.2 cm³/mol. The number of hydrogen-bond donors (Lipinski definition) is 2. The Bertz CT molecular complexity index is 459. The average Bonchev–Trinajstić information content (AvgIpc) is 2.51. The van der Waals surface area contributed by atoms with Gasteiger partial charge in [-0.15, -0.1) is 0 Å². The molecule has 1 saturated heterocycles. The van der Waals surface area contributed by atoms with E-state index in [2.05, 4.69) is 15.1 Å². The summed E-state index contributed by atoms with van der Waals surface area (Å²) in [5.74, 6) is -0.379. The number of piperazine rings is 1. The maximum Gasteiger partial charge on any atom is 0.238 e. The van der Waals surface area contributed by atoms with Crippen LogP contribution in [-0.4, -0.2) is 66.7 Å². The molecule has 0 saturated carbocycles. The van der Waals surface area contributed by atoms with Gasteiger partial charge in [-0.25, -0.2) is 4.39 Å². The highest BCUT2D eigenvalue weighted by atomic mass is 19.1. The third-order valence-corrected chi connectivity index (χ3v) is 3.84. The smallest absolute Gasteiger partial charge is 0.238 e. The van der Waals surface area contributed by atoms with Crippen LogP contribution in [0.1, 0.15) is 12.8 Å². The summed E-state index contributed by atoms with van der Waals surface area (Å²) in [4.78, 5) is 16.5. The molecule has 0 atom stereocenters. The minimum atomic E-state index is -0.310. The summed E-state index contributed by atoms with van der Waals surface area (Å²) in [6.45, 7) is 5.28. The lowest BCUT2D eigenvalue weighted by atomic mass is 10.2. The minimum absolute atomic E-state index is 0.0691. The minimum Gasteiger partial charge on any atom is -0.396 e. The lowest BCUT2D eigenvalue weighted by molar-refractivity contribution is -0.117. The Morgan fingerprint density at radius 2 is 1.73 bits per heavy atom. The number of amides is 1. The van der Waals surface area contributed by atoms with E-state index in [-0.39, 0.29) is 18.3 Å². The normalized spacial score (nSPS) is 16.6. The summed E-state index contributed by atoms with van der Waals surface area (Å²) in [5, 5.41) is 11.6. The molecule has 2 rings (SSSR count). The quantitative estimate of drug-likeness (QED) is 0.742. The molecule has 0 aromatic heterocycles. The molecule has 1 aliphatic rings. The molecule has 122 valence electrons. The number of carbonyl (C=O) groups is 1. The molecule has 0 aliphatic carbocycles. The Morgan fingerprint density at radius 1 is 1.09 bits per heavy atom. The number of unbranched alkanes of at least 4 members (excludes halogenated alkanes) is 1. The van der Waals surface area contributed by atoms with E-state index in [4.69, 9.17) is 5.11 Å². The summed E-state index contributed by atoms with van der Waals surface area (Å²) in [7, 11) is 0. The number of carbonyl (C=O) groups excluding carboxylic acids is 1. The Kier molecular flexibility index (Phi) is 6.76. The van der Waals surface area contributed by atoms with E-state index in [9.17, 15) is 9.18 Å². The molecule has 1 aromatic carbocycles. The Morgan fingerprint density at radius 3 is 2.36 bits per heavy atom. The van der Waals surface area contributed by atoms with Gasteiger partial charge < -0.3 is 15.3 Å². The Labute approximate surface area is 130 Å². The average molecular weight is 309 g/mol. The molecule has 6 heteroatoms. The van der Waals surface area contributed by atoms with Gasteiger partial charge in [0, 0.05) is 38.5 Å². The third-order valence-electron chi connectivity index (χ3n) is 3.84. The van der Waals surface area contributed by atoms with Crippen molar-refractivity contribution in [2.75, 3.05) is 51.2 Å². The van der Waals surface area contributed by atoms with Crippen molar-refractivity contribution < 1.29 is 14.3 Å². The molecule has 0 bridgehead atoms. The highest BCUT2D eigenvalue weighted by Crippen LogP contribution is 2.09. The van der Waals surface area contributed by atoms with E-state index in [1.54, 1.807) is 12.1 Å². The van der Waals surface area contributed by atoms with Gasteiger partial charge in [-0.1, -0.05) is 0 Å². The van der Waals surface area contributed by atoms with Crippen LogP contribution in [0.5, 0.6) is 0 Å². The Balaban J connectivity index is 1.67. The van der Waals surface area contributed by atoms with Gasteiger partial charge in [0.15, 0.2) is 0 Å². The zero-order valence-electron chi connectivity index (χ0n) is 12.8. The second-order valence-corrected chi connectivity index (χ2v) is 5.60. The number of anilines is 1. The van der Waals surface area contributed by atoms with Crippen molar-refractivity contribution in [2.24, 2.45) is 0 Å². The summed E-state index contributed by atoms with van der Waals surface area (Å²) >= 11 is 0. The van der Waals surface area contributed by atoms with Crippen LogP contribution in [0.2, 0.25) is 0 Å². The largest absolute Gasteiger partial charge is 0.396 e. The maximum absolute atomic E-state index is 12.8. The summed E-state index contributed by atoms with van der Waals surface area (Å²) in [6, 6.07) is 5.79. The molecule has 0 radical (unpaired) electrons. The van der Waals surface area contributed by atoms with E-state index in [0.717, 1.165) is 45.6 Å². The van der Waals surface area contributed by atoms with Crippen LogP contribution in [-0.2, 0) is 4.79 Å². The van der Waals surface area contributed by atoms with Crippen LogP contribution in [0.4, 0.5) is 10.1 Å². The predicted octanol–water partition coefficient (Wildman–Crippen LogP) is 1.15. The van der Waals surface area contributed by atoms with E-state index >= 15 is 0 Å². The summed E-state index contributed by atoms with van der Waals surface area (Å²) < 4.78 is 12.8. The molecule has 2 N–H and O–H groups in total. The molecule has 1 fully saturated rings. The van der Waals surface area contributed by atoms with Crippen LogP contribution >= 0.6 is 0 Å². The lowest BCUT2D eigenvalue weighted by Crippen LogP contribution is -2.48. The fraction of sp³-hybridized carbons (Fsp3) is 0.562. The monoisotopic (exact) mass is 309 g/mol. The number of rotatable bonds is 7. The van der Waals surface area contributed by atoms with Gasteiger partial charge in [0.25, 0.3) is 0 Å². The molecule has 1 aromatic rings. The fourth-order valence-corrected chi connectivity index (χ4v) is 2.56. The van der Waals surface area contributed by atoms with Crippen molar-refractivity contribution in [3.63, 3.8) is 0 Å². The molecule has 1 aliphatic heterocycles. The number of nitrogens with one attached hydrogen (secondary N) is 1. The molecule has 5 nitrogen and oxygen atoms in total. The van der Waals surface area contributed by atoms with Crippen molar-refractivity contribution in [1.29, 1.82) is 0 Å². The van der Waals surface area contributed by atoms with Gasteiger partial charge in [-0.05, 0) is 43.7 Å². The highest BCUT2D eigenvalue weighted by Gasteiger charge is 2.18. The zero-order valence-corrected chi connectivity index (χ0v) is 12.8. The Hall–Kier alpha value is -1.50. The van der Waals surface area contributed by atoms with Crippen molar-refractivity contribution in [1.82, 2.24) is 9.80 Å². The first-order valence-electron chi connectivity index (χ1n) is 7.78. The standard InChI is InChI=1S/C16H24FN3O2/c17-14-3-5-15(6-4-14)18-16(22)13-20-10-8-19(9-11-20)7-1-2-12-21/h3-6,21H,1-2,7-13H2,(H,18,22). The molecule has 22 heavy (non-hydrogen) atoms. The number of nitrogens with zero attached hydrogens (tertiary/aromatic N) is 2. The topological polar surface area (TPSA) is 55.8 Å². The SMILES string of the molecule is O=C(CN1CCN(CCCCO)CC1)Nc1ccc(F)cc1. The van der Waals surface area contributed by atoms with E-state index < -0.39 is 0 Å². The van der Waals surface area contributed by atoms with Gasteiger partial charge in [0.05, 0.1) is 6.54 Å². The van der Waals surface area contributed by atoms with Crippen LogP contribution in [0.3, 0.4) is 0 Å². The molecule has 0 spiro atoms. The van der Waals surface area contributed by atoms with Crippen LogP contribution in [0.15, 0.2) is 24.3 Å². The van der Waals surface area contributed by atoms with Crippen molar-refractivity contribution in [2.45, 2.75) is 12.8 Å². The number of hydrogen-bond acceptors (Lipinski definition) is 4. The number of aliphatic hydroxyl groups excluding tert-OH is 1. The number of benzene rings is 1. The number of halogens is 1. The highest BCUT2D eigenvalue weighted by molar-refractivity contribution is 5.92. The van der Waals surface area contributed by atoms with E-state index in [1.165, 1.54) is 12.1 Å². The molecule has 0 unspecified atom stereocenters. The maximum atomic E-state index is 12.8. The molecular weight excluding hydrogens is 285 g/mol. The van der Waals surface area contributed by atoms with Gasteiger partial charge in [-0.3, -0.25) is 9.69 Å².